The van der Waals surface area contributed by atoms with Crippen molar-refractivity contribution >= 4 is 11.0 Å². The van der Waals surface area contributed by atoms with Gasteiger partial charge in [-0.15, -0.1) is 0 Å². The van der Waals surface area contributed by atoms with Gasteiger partial charge in [-0.2, -0.15) is 0 Å². The Morgan fingerprint density at radius 1 is 1.43 bits per heavy atom. The van der Waals surface area contributed by atoms with Gasteiger partial charge in [0.25, 0.3) is 0 Å². The highest BCUT2D eigenvalue weighted by atomic mass is 16.3. The molecule has 1 atom stereocenters. The molecule has 0 radical (unpaired) electrons. The lowest BCUT2D eigenvalue weighted by Gasteiger charge is -2.11. The first-order chi connectivity index (χ1) is 6.68. The number of hydrogen-bond donors (Lipinski definition) is 1. The summed E-state index contributed by atoms with van der Waals surface area (Å²) in [6.07, 6.45) is 1.68. The molecule has 0 spiro atoms. The Labute approximate surface area is 83.0 Å². The summed E-state index contributed by atoms with van der Waals surface area (Å²) in [5, 5.41) is 1.08. The summed E-state index contributed by atoms with van der Waals surface area (Å²) in [4.78, 5) is 0. The first kappa shape index (κ1) is 9.03. The van der Waals surface area contributed by atoms with Crippen LogP contribution in [0.5, 0.6) is 0 Å². The topological polar surface area (TPSA) is 39.2 Å². The highest BCUT2D eigenvalue weighted by Crippen LogP contribution is 2.23. The van der Waals surface area contributed by atoms with Crippen LogP contribution in [0.4, 0.5) is 0 Å². The molecule has 2 aromatic rings. The maximum absolute atomic E-state index is 5.97. The Morgan fingerprint density at radius 2 is 2.21 bits per heavy atom. The largest absolute Gasteiger partial charge is 0.464 e. The predicted molar refractivity (Wildman–Crippen MR) is 58.0 cm³/mol. The van der Waals surface area contributed by atoms with E-state index in [9.17, 15) is 0 Å². The molecule has 0 amide bonds. The van der Waals surface area contributed by atoms with Crippen LogP contribution in [-0.4, -0.2) is 0 Å². The Morgan fingerprint density at radius 3 is 2.93 bits per heavy atom. The molecular weight excluding hydrogens is 174 g/mol. The van der Waals surface area contributed by atoms with Gasteiger partial charge in [-0.05, 0) is 30.7 Å². The van der Waals surface area contributed by atoms with E-state index in [1.807, 2.05) is 31.2 Å². The normalized spacial score (nSPS) is 13.0. The molecule has 72 valence electrons. The minimum Gasteiger partial charge on any atom is -0.464 e. The number of rotatable bonds is 2. The maximum atomic E-state index is 5.97. The van der Waals surface area contributed by atoms with Crippen molar-refractivity contribution in [2.75, 3.05) is 0 Å². The van der Waals surface area contributed by atoms with E-state index in [0.29, 0.717) is 0 Å². The van der Waals surface area contributed by atoms with Crippen molar-refractivity contribution in [3.8, 4) is 0 Å². The lowest BCUT2D eigenvalue weighted by molar-refractivity contribution is 0.615. The average Bonchev–Trinajstić information content (AvgIpc) is 2.62. The molecule has 0 saturated heterocycles. The van der Waals surface area contributed by atoms with Gasteiger partial charge in [-0.25, -0.2) is 0 Å². The molecule has 14 heavy (non-hydrogen) atoms. The molecule has 0 aliphatic carbocycles. The Bertz CT molecular complexity index is 470. The lowest BCUT2D eigenvalue weighted by atomic mass is 10.0. The zero-order chi connectivity index (χ0) is 10.1. The molecule has 0 aliphatic rings. The van der Waals surface area contributed by atoms with Crippen LogP contribution >= 0.6 is 0 Å². The third-order valence-corrected chi connectivity index (χ3v) is 2.37. The van der Waals surface area contributed by atoms with Crippen molar-refractivity contribution in [2.24, 2.45) is 5.73 Å². The molecule has 2 N–H and O–H groups in total. The van der Waals surface area contributed by atoms with Gasteiger partial charge < -0.3 is 10.2 Å². The molecule has 2 nitrogen and oxygen atoms in total. The van der Waals surface area contributed by atoms with Gasteiger partial charge in [0.05, 0.1) is 12.3 Å². The van der Waals surface area contributed by atoms with Crippen molar-refractivity contribution in [1.29, 1.82) is 0 Å². The second-order valence-electron chi connectivity index (χ2n) is 3.54. The molecule has 1 aromatic heterocycles. The van der Waals surface area contributed by atoms with Crippen LogP contribution < -0.4 is 5.73 Å². The molecule has 1 aromatic carbocycles. The van der Waals surface area contributed by atoms with E-state index in [1.54, 1.807) is 6.26 Å². The predicted octanol–water partition coefficient (Wildman–Crippen LogP) is 3.01. The minimum absolute atomic E-state index is 0.0886. The molecule has 0 saturated carbocycles. The zero-order valence-electron chi connectivity index (χ0n) is 8.16. The molecular formula is C12H13NO. The van der Waals surface area contributed by atoms with E-state index in [-0.39, 0.29) is 6.04 Å². The quantitative estimate of drug-likeness (QED) is 0.734. The van der Waals surface area contributed by atoms with Gasteiger partial charge >= 0.3 is 0 Å². The molecule has 0 bridgehead atoms. The van der Waals surface area contributed by atoms with E-state index in [1.165, 1.54) is 0 Å². The van der Waals surface area contributed by atoms with E-state index in [0.717, 1.165) is 22.1 Å². The van der Waals surface area contributed by atoms with Gasteiger partial charge in [-0.1, -0.05) is 18.2 Å². The highest BCUT2D eigenvalue weighted by Gasteiger charge is 2.07. The fourth-order valence-electron chi connectivity index (χ4n) is 1.46. The fourth-order valence-corrected chi connectivity index (χ4v) is 1.46. The molecule has 2 heteroatoms. The SMILES string of the molecule is C=C(C)C(N)c1ccc2occc2c1. The third kappa shape index (κ3) is 1.44. The number of fused-ring (bicyclic) bond motifs is 1. The summed E-state index contributed by atoms with van der Waals surface area (Å²) < 4.78 is 5.25. The van der Waals surface area contributed by atoms with E-state index in [2.05, 4.69) is 6.58 Å². The number of hydrogen-bond acceptors (Lipinski definition) is 2. The molecule has 1 unspecified atom stereocenters. The lowest BCUT2D eigenvalue weighted by Crippen LogP contribution is -2.10. The zero-order valence-corrected chi connectivity index (χ0v) is 8.16. The van der Waals surface area contributed by atoms with Crippen LogP contribution in [0.3, 0.4) is 0 Å². The van der Waals surface area contributed by atoms with Gasteiger partial charge in [-0.3, -0.25) is 0 Å². The first-order valence-electron chi connectivity index (χ1n) is 4.56. The van der Waals surface area contributed by atoms with E-state index < -0.39 is 0 Å². The van der Waals surface area contributed by atoms with Gasteiger partial charge in [0.1, 0.15) is 5.58 Å². The minimum atomic E-state index is -0.0886. The molecule has 0 fully saturated rings. The summed E-state index contributed by atoms with van der Waals surface area (Å²) in [5.74, 6) is 0. The average molecular weight is 187 g/mol. The summed E-state index contributed by atoms with van der Waals surface area (Å²) in [7, 11) is 0. The van der Waals surface area contributed by atoms with Crippen LogP contribution in [0.25, 0.3) is 11.0 Å². The van der Waals surface area contributed by atoms with Crippen molar-refractivity contribution < 1.29 is 4.42 Å². The van der Waals surface area contributed by atoms with Crippen molar-refractivity contribution in [3.63, 3.8) is 0 Å². The first-order valence-corrected chi connectivity index (χ1v) is 4.56. The number of furan rings is 1. The van der Waals surface area contributed by atoms with Gasteiger partial charge in [0, 0.05) is 5.39 Å². The Balaban J connectivity index is 2.48. The van der Waals surface area contributed by atoms with Crippen LogP contribution in [0.2, 0.25) is 0 Å². The maximum Gasteiger partial charge on any atom is 0.133 e. The summed E-state index contributed by atoms with van der Waals surface area (Å²) in [6, 6.07) is 7.80. The molecule has 0 aliphatic heterocycles. The van der Waals surface area contributed by atoms with Gasteiger partial charge in [0.2, 0.25) is 0 Å². The van der Waals surface area contributed by atoms with E-state index >= 15 is 0 Å². The van der Waals surface area contributed by atoms with E-state index in [4.69, 9.17) is 10.2 Å². The van der Waals surface area contributed by atoms with Crippen LogP contribution in [0, 0.1) is 0 Å². The number of nitrogens with two attached hydrogens (primary N) is 1. The van der Waals surface area contributed by atoms with Crippen molar-refractivity contribution in [1.82, 2.24) is 0 Å². The fraction of sp³-hybridized carbons (Fsp3) is 0.167. The standard InChI is InChI=1S/C12H13NO/c1-8(2)12(13)10-3-4-11-9(7-10)5-6-14-11/h3-7,12H,1,13H2,2H3. The van der Waals surface area contributed by atoms with Crippen molar-refractivity contribution in [2.45, 2.75) is 13.0 Å². The van der Waals surface area contributed by atoms with Gasteiger partial charge in [0.15, 0.2) is 0 Å². The summed E-state index contributed by atoms with van der Waals surface area (Å²) in [6.45, 7) is 5.79. The second-order valence-corrected chi connectivity index (χ2v) is 3.54. The Kier molecular flexibility index (Phi) is 2.14. The molecule has 1 heterocycles. The summed E-state index contributed by atoms with van der Waals surface area (Å²) >= 11 is 0. The van der Waals surface area contributed by atoms with Crippen LogP contribution in [0.15, 0.2) is 47.1 Å². The van der Waals surface area contributed by atoms with Crippen molar-refractivity contribution in [3.05, 3.63) is 48.2 Å². The molecule has 2 rings (SSSR count). The summed E-state index contributed by atoms with van der Waals surface area (Å²) in [5.41, 5.74) is 8.90. The van der Waals surface area contributed by atoms with Crippen LogP contribution in [-0.2, 0) is 0 Å². The smallest absolute Gasteiger partial charge is 0.133 e. The third-order valence-electron chi connectivity index (χ3n) is 2.37. The number of benzene rings is 1. The monoisotopic (exact) mass is 187 g/mol. The van der Waals surface area contributed by atoms with Crippen LogP contribution in [0.1, 0.15) is 18.5 Å². The second kappa shape index (κ2) is 3.31. The highest BCUT2D eigenvalue weighted by molar-refractivity contribution is 5.77. The Hall–Kier alpha value is -1.54.